The maximum atomic E-state index is 12.7. The molecule has 3 amide bonds. The zero-order chi connectivity index (χ0) is 23.5. The Kier molecular flexibility index (Phi) is 9.80. The van der Waals surface area contributed by atoms with Crippen LogP contribution >= 0.6 is 0 Å². The van der Waals surface area contributed by atoms with Gasteiger partial charge in [0, 0.05) is 30.0 Å². The van der Waals surface area contributed by atoms with Gasteiger partial charge in [-0.25, -0.2) is 5.48 Å². The fourth-order valence-electron chi connectivity index (χ4n) is 3.10. The maximum Gasteiger partial charge on any atom is 0.251 e. The number of benzene rings is 2. The van der Waals surface area contributed by atoms with Crippen LogP contribution in [-0.2, 0) is 19.1 Å². The first kappa shape index (κ1) is 25.0. The van der Waals surface area contributed by atoms with Crippen molar-refractivity contribution in [2.24, 2.45) is 5.92 Å². The summed E-state index contributed by atoms with van der Waals surface area (Å²) in [5.74, 6) is -1.45. The van der Waals surface area contributed by atoms with Crippen molar-refractivity contribution in [1.82, 2.24) is 10.8 Å². The molecule has 0 aromatic heterocycles. The molecule has 2 rings (SSSR count). The molecule has 0 saturated heterocycles. The van der Waals surface area contributed by atoms with Gasteiger partial charge in [0.05, 0.1) is 12.6 Å². The summed E-state index contributed by atoms with van der Waals surface area (Å²) in [6, 6.07) is 13.6. The summed E-state index contributed by atoms with van der Waals surface area (Å²) in [5.41, 5.74) is 4.42. The number of rotatable bonds is 12. The SMILES string of the molecule is COCOC[C@H](C[C@H](C)C(=O)NO)NC(=O)c1ccc(N(C=O)c2ccc(C)cc2)cc1. The lowest BCUT2D eigenvalue weighted by Crippen LogP contribution is -2.41. The topological polar surface area (TPSA) is 117 Å². The molecule has 3 N–H and O–H groups in total. The van der Waals surface area contributed by atoms with Crippen LogP contribution in [0.25, 0.3) is 0 Å². The number of hydroxylamine groups is 1. The Morgan fingerprint density at radius 1 is 1.09 bits per heavy atom. The van der Waals surface area contributed by atoms with Gasteiger partial charge in [-0.3, -0.25) is 24.5 Å². The molecule has 0 saturated carbocycles. The Morgan fingerprint density at radius 2 is 1.69 bits per heavy atom. The summed E-state index contributed by atoms with van der Waals surface area (Å²) in [7, 11) is 1.48. The van der Waals surface area contributed by atoms with Gasteiger partial charge in [-0.1, -0.05) is 24.6 Å². The summed E-state index contributed by atoms with van der Waals surface area (Å²) >= 11 is 0. The van der Waals surface area contributed by atoms with Gasteiger partial charge in [0.25, 0.3) is 5.91 Å². The van der Waals surface area contributed by atoms with Crippen molar-refractivity contribution >= 4 is 29.6 Å². The molecular formula is C23H29N3O6. The summed E-state index contributed by atoms with van der Waals surface area (Å²) < 4.78 is 10.2. The van der Waals surface area contributed by atoms with Crippen LogP contribution in [0.4, 0.5) is 11.4 Å². The number of methoxy groups -OCH3 is 1. The fourth-order valence-corrected chi connectivity index (χ4v) is 3.10. The minimum absolute atomic E-state index is 0.0438. The van der Waals surface area contributed by atoms with E-state index in [1.807, 2.05) is 31.2 Å². The first-order valence-electron chi connectivity index (χ1n) is 10.1. The second-order valence-electron chi connectivity index (χ2n) is 7.42. The molecule has 2 atom stereocenters. The molecule has 0 aliphatic carbocycles. The lowest BCUT2D eigenvalue weighted by Gasteiger charge is -2.22. The second-order valence-corrected chi connectivity index (χ2v) is 7.42. The maximum absolute atomic E-state index is 12.7. The predicted octanol–water partition coefficient (Wildman–Crippen LogP) is 2.54. The average molecular weight is 444 g/mol. The van der Waals surface area contributed by atoms with Crippen molar-refractivity contribution in [3.63, 3.8) is 0 Å². The Bertz CT molecular complexity index is 886. The highest BCUT2D eigenvalue weighted by Crippen LogP contribution is 2.24. The van der Waals surface area contributed by atoms with Gasteiger partial charge < -0.3 is 14.8 Å². The molecule has 32 heavy (non-hydrogen) atoms. The number of aryl methyl sites for hydroxylation is 1. The van der Waals surface area contributed by atoms with E-state index in [4.69, 9.17) is 14.7 Å². The number of hydrogen-bond donors (Lipinski definition) is 3. The number of amides is 3. The van der Waals surface area contributed by atoms with E-state index < -0.39 is 17.9 Å². The molecule has 0 radical (unpaired) electrons. The van der Waals surface area contributed by atoms with Crippen LogP contribution in [-0.4, -0.2) is 50.0 Å². The van der Waals surface area contributed by atoms with Gasteiger partial charge in [-0.15, -0.1) is 0 Å². The van der Waals surface area contributed by atoms with Gasteiger partial charge >= 0.3 is 0 Å². The largest absolute Gasteiger partial charge is 0.359 e. The number of carbonyl (C=O) groups is 3. The van der Waals surface area contributed by atoms with Crippen LogP contribution in [0.5, 0.6) is 0 Å². The van der Waals surface area contributed by atoms with Gasteiger partial charge in [-0.2, -0.15) is 0 Å². The fraction of sp³-hybridized carbons (Fsp3) is 0.348. The number of nitrogens with one attached hydrogen (secondary N) is 2. The van der Waals surface area contributed by atoms with Gasteiger partial charge in [0.1, 0.15) is 6.79 Å². The summed E-state index contributed by atoms with van der Waals surface area (Å²) in [6.07, 6.45) is 0.975. The molecule has 0 heterocycles. The number of ether oxygens (including phenoxy) is 2. The van der Waals surface area contributed by atoms with Crippen LogP contribution < -0.4 is 15.7 Å². The van der Waals surface area contributed by atoms with Crippen molar-refractivity contribution in [2.45, 2.75) is 26.3 Å². The van der Waals surface area contributed by atoms with Crippen molar-refractivity contribution in [1.29, 1.82) is 0 Å². The molecule has 9 nitrogen and oxygen atoms in total. The molecule has 0 bridgehead atoms. The number of nitrogens with zero attached hydrogens (tertiary/aromatic N) is 1. The van der Waals surface area contributed by atoms with E-state index in [1.165, 1.54) is 12.0 Å². The highest BCUT2D eigenvalue weighted by molar-refractivity contribution is 5.95. The molecule has 0 unspecified atom stereocenters. The minimum atomic E-state index is -0.551. The number of carbonyl (C=O) groups excluding carboxylic acids is 3. The van der Waals surface area contributed by atoms with E-state index in [2.05, 4.69) is 5.32 Å². The normalized spacial score (nSPS) is 12.5. The lowest BCUT2D eigenvalue weighted by molar-refractivity contribution is -0.133. The molecule has 172 valence electrons. The van der Waals surface area contributed by atoms with E-state index in [0.29, 0.717) is 16.9 Å². The standard InChI is InChI=1S/C23H29N3O6/c1-16-4-8-20(9-5-16)26(14-27)21-10-6-18(7-11-21)23(29)24-19(13-32-15-31-3)12-17(2)22(28)25-30/h4-11,14,17,19,30H,12-13,15H2,1-3H3,(H,24,29)(H,25,28)/t17-,19-/m0/s1. The first-order chi connectivity index (χ1) is 15.4. The first-order valence-corrected chi connectivity index (χ1v) is 10.1. The Morgan fingerprint density at radius 3 is 2.22 bits per heavy atom. The smallest absolute Gasteiger partial charge is 0.251 e. The predicted molar refractivity (Wildman–Crippen MR) is 119 cm³/mol. The molecule has 2 aromatic carbocycles. The average Bonchev–Trinajstić information content (AvgIpc) is 2.80. The number of anilines is 2. The molecule has 0 aliphatic rings. The van der Waals surface area contributed by atoms with Crippen LogP contribution in [0.2, 0.25) is 0 Å². The van der Waals surface area contributed by atoms with Crippen molar-refractivity contribution in [3.8, 4) is 0 Å². The molecular weight excluding hydrogens is 414 g/mol. The van der Waals surface area contributed by atoms with Crippen molar-refractivity contribution in [3.05, 3.63) is 59.7 Å². The quantitative estimate of drug-likeness (QED) is 0.153. The molecule has 9 heteroatoms. The van der Waals surface area contributed by atoms with Crippen LogP contribution in [0.3, 0.4) is 0 Å². The third-order valence-corrected chi connectivity index (χ3v) is 4.88. The Labute approximate surface area is 187 Å². The molecule has 0 aliphatic heterocycles. The minimum Gasteiger partial charge on any atom is -0.359 e. The van der Waals surface area contributed by atoms with Gasteiger partial charge in [0.15, 0.2) is 0 Å². The van der Waals surface area contributed by atoms with Crippen LogP contribution in [0.1, 0.15) is 29.3 Å². The summed E-state index contributed by atoms with van der Waals surface area (Å²) in [4.78, 5) is 37.5. The third-order valence-electron chi connectivity index (χ3n) is 4.88. The number of hydrogen-bond acceptors (Lipinski definition) is 6. The Balaban J connectivity index is 2.09. The van der Waals surface area contributed by atoms with E-state index in [-0.39, 0.29) is 25.7 Å². The van der Waals surface area contributed by atoms with Gasteiger partial charge in [0.2, 0.25) is 12.3 Å². The molecule has 0 spiro atoms. The van der Waals surface area contributed by atoms with Crippen LogP contribution in [0, 0.1) is 12.8 Å². The summed E-state index contributed by atoms with van der Waals surface area (Å²) in [5, 5.41) is 11.7. The van der Waals surface area contributed by atoms with Crippen molar-refractivity contribution in [2.75, 3.05) is 25.4 Å². The molecule has 0 fully saturated rings. The highest BCUT2D eigenvalue weighted by atomic mass is 16.7. The van der Waals surface area contributed by atoms with E-state index >= 15 is 0 Å². The second kappa shape index (κ2) is 12.6. The summed E-state index contributed by atoms with van der Waals surface area (Å²) in [6.45, 7) is 3.77. The zero-order valence-corrected chi connectivity index (χ0v) is 18.4. The van der Waals surface area contributed by atoms with Gasteiger partial charge in [-0.05, 0) is 49.7 Å². The van der Waals surface area contributed by atoms with Crippen molar-refractivity contribution < 1.29 is 29.1 Å². The Hall–Kier alpha value is -3.27. The highest BCUT2D eigenvalue weighted by Gasteiger charge is 2.21. The van der Waals surface area contributed by atoms with E-state index in [9.17, 15) is 14.4 Å². The lowest BCUT2D eigenvalue weighted by atomic mass is 10.0. The zero-order valence-electron chi connectivity index (χ0n) is 18.4. The van der Waals surface area contributed by atoms with E-state index in [1.54, 1.807) is 36.7 Å². The third kappa shape index (κ3) is 7.16. The monoisotopic (exact) mass is 443 g/mol. The molecule has 2 aromatic rings. The van der Waals surface area contributed by atoms with Crippen LogP contribution in [0.15, 0.2) is 48.5 Å². The van der Waals surface area contributed by atoms with E-state index in [0.717, 1.165) is 12.0 Å².